The van der Waals surface area contributed by atoms with E-state index in [0.29, 0.717) is 22.1 Å². The van der Waals surface area contributed by atoms with Crippen LogP contribution in [-0.2, 0) is 21.0 Å². The molecule has 2 rings (SSSR count). The second-order valence-electron chi connectivity index (χ2n) is 4.95. The summed E-state index contributed by atoms with van der Waals surface area (Å²) >= 11 is 0. The molecule has 0 saturated carbocycles. The van der Waals surface area contributed by atoms with Crippen LogP contribution in [0.1, 0.15) is 28.4 Å². The Morgan fingerprint density at radius 2 is 2.04 bits per heavy atom. The average molecular weight is 320 g/mol. The predicted molar refractivity (Wildman–Crippen MR) is 80.2 cm³/mol. The maximum Gasteiger partial charge on any atom is 0.363 e. The van der Waals surface area contributed by atoms with Crippen molar-refractivity contribution < 1.29 is 24.5 Å². The van der Waals surface area contributed by atoms with Crippen molar-refractivity contribution in [3.63, 3.8) is 0 Å². The Hall–Kier alpha value is -2.74. The van der Waals surface area contributed by atoms with E-state index in [1.807, 2.05) is 0 Å². The first-order chi connectivity index (χ1) is 10.9. The third-order valence-corrected chi connectivity index (χ3v) is 3.45. The Morgan fingerprint density at radius 1 is 1.35 bits per heavy atom. The van der Waals surface area contributed by atoms with E-state index in [2.05, 4.69) is 9.99 Å². The first-order valence-corrected chi connectivity index (χ1v) is 6.92. The molecule has 8 nitrogen and oxygen atoms in total. The Balaban J connectivity index is 2.70. The van der Waals surface area contributed by atoms with Gasteiger partial charge in [-0.2, -0.15) is 10.4 Å². The minimum Gasteiger partial charge on any atom is -0.462 e. The minimum atomic E-state index is -1.02. The van der Waals surface area contributed by atoms with Crippen molar-refractivity contribution in [2.45, 2.75) is 27.3 Å². The topological polar surface area (TPSA) is 108 Å². The van der Waals surface area contributed by atoms with Crippen molar-refractivity contribution in [2.75, 3.05) is 6.61 Å². The van der Waals surface area contributed by atoms with E-state index in [-0.39, 0.29) is 12.0 Å². The van der Waals surface area contributed by atoms with Crippen LogP contribution in [0.3, 0.4) is 0 Å². The van der Waals surface area contributed by atoms with E-state index in [1.165, 1.54) is 6.20 Å². The van der Waals surface area contributed by atoms with Gasteiger partial charge in [0.05, 0.1) is 23.8 Å². The third-order valence-electron chi connectivity index (χ3n) is 3.45. The van der Waals surface area contributed by atoms with Gasteiger partial charge < -0.3 is 4.74 Å². The van der Waals surface area contributed by atoms with Crippen molar-refractivity contribution in [3.8, 4) is 0 Å². The Labute approximate surface area is 131 Å². The molecule has 0 atom stereocenters. The molecule has 0 aliphatic carbocycles. The maximum absolute atomic E-state index is 12.5. The molecule has 8 heteroatoms. The van der Waals surface area contributed by atoms with E-state index < -0.39 is 24.0 Å². The highest BCUT2D eigenvalue weighted by Crippen LogP contribution is 2.23. The zero-order valence-corrected chi connectivity index (χ0v) is 13.0. The Kier molecular flexibility index (Phi) is 4.75. The van der Waals surface area contributed by atoms with Gasteiger partial charge in [-0.3, -0.25) is 9.68 Å². The second kappa shape index (κ2) is 6.57. The van der Waals surface area contributed by atoms with Crippen LogP contribution < -0.4 is 5.56 Å². The fourth-order valence-electron chi connectivity index (χ4n) is 2.50. The van der Waals surface area contributed by atoms with Crippen LogP contribution in [0.2, 0.25) is 0 Å². The van der Waals surface area contributed by atoms with Crippen molar-refractivity contribution in [1.29, 1.82) is 0 Å². The quantitative estimate of drug-likeness (QED) is 0.512. The molecule has 0 unspecified atom stereocenters. The second-order valence-corrected chi connectivity index (χ2v) is 4.95. The molecule has 0 spiro atoms. The SMILES string of the molecule is CCOC(=O)c1c(C)cc2cnn(CC(=O)OO)c(=O)c2c1C. The summed E-state index contributed by atoms with van der Waals surface area (Å²) in [6, 6.07) is 1.66. The van der Waals surface area contributed by atoms with Gasteiger partial charge in [-0.25, -0.2) is 14.3 Å². The summed E-state index contributed by atoms with van der Waals surface area (Å²) in [6.07, 6.45) is 1.41. The smallest absolute Gasteiger partial charge is 0.363 e. The van der Waals surface area contributed by atoms with Gasteiger partial charge in [0, 0.05) is 5.39 Å². The molecule has 1 aromatic heterocycles. The number of hydrogen-bond acceptors (Lipinski definition) is 7. The van der Waals surface area contributed by atoms with Crippen molar-refractivity contribution in [2.24, 2.45) is 0 Å². The summed E-state index contributed by atoms with van der Waals surface area (Å²) < 4.78 is 5.88. The lowest BCUT2D eigenvalue weighted by atomic mass is 9.97. The summed E-state index contributed by atoms with van der Waals surface area (Å²) in [7, 11) is 0. The molecule has 0 aliphatic rings. The van der Waals surface area contributed by atoms with Gasteiger partial charge in [-0.05, 0) is 38.0 Å². The standard InChI is InChI=1S/C15H16N2O6/c1-4-22-15(20)12-8(2)5-10-6-16-17(7-11(18)23-21)14(19)13(10)9(12)3/h5-6,21H,4,7H2,1-3H3. The van der Waals surface area contributed by atoms with E-state index in [4.69, 9.17) is 9.99 Å². The minimum absolute atomic E-state index is 0.221. The summed E-state index contributed by atoms with van der Waals surface area (Å²) in [4.78, 5) is 39.3. The normalized spacial score (nSPS) is 10.6. The zero-order chi connectivity index (χ0) is 17.1. The number of aryl methyl sites for hydroxylation is 2. The van der Waals surface area contributed by atoms with Crippen LogP contribution in [0.15, 0.2) is 17.1 Å². The largest absolute Gasteiger partial charge is 0.462 e. The predicted octanol–water partition coefficient (Wildman–Crippen LogP) is 1.21. The number of carbonyl (C=O) groups excluding carboxylic acids is 2. The van der Waals surface area contributed by atoms with Gasteiger partial charge in [-0.15, -0.1) is 0 Å². The molecule has 23 heavy (non-hydrogen) atoms. The number of fused-ring (bicyclic) bond motifs is 1. The molecule has 1 N–H and O–H groups in total. The number of carbonyl (C=O) groups is 2. The monoisotopic (exact) mass is 320 g/mol. The highest BCUT2D eigenvalue weighted by molar-refractivity contribution is 5.99. The molecule has 0 amide bonds. The van der Waals surface area contributed by atoms with Gasteiger partial charge in [0.15, 0.2) is 0 Å². The molecule has 2 aromatic rings. The lowest BCUT2D eigenvalue weighted by Gasteiger charge is -2.12. The molecule has 0 aliphatic heterocycles. The Morgan fingerprint density at radius 3 is 2.65 bits per heavy atom. The summed E-state index contributed by atoms with van der Waals surface area (Å²) in [5, 5.41) is 13.0. The summed E-state index contributed by atoms with van der Waals surface area (Å²) in [5.41, 5.74) is 0.883. The zero-order valence-electron chi connectivity index (χ0n) is 13.0. The first-order valence-electron chi connectivity index (χ1n) is 6.92. The third kappa shape index (κ3) is 3.07. The average Bonchev–Trinajstić information content (AvgIpc) is 2.49. The van der Waals surface area contributed by atoms with Gasteiger partial charge in [0.2, 0.25) is 0 Å². The molecule has 0 bridgehead atoms. The van der Waals surface area contributed by atoms with E-state index >= 15 is 0 Å². The van der Waals surface area contributed by atoms with Gasteiger partial charge in [-0.1, -0.05) is 0 Å². The molecule has 0 radical (unpaired) electrons. The van der Waals surface area contributed by atoms with Crippen molar-refractivity contribution in [3.05, 3.63) is 39.3 Å². The fourth-order valence-corrected chi connectivity index (χ4v) is 2.50. The number of benzene rings is 1. The first kappa shape index (κ1) is 16.6. The number of aromatic nitrogens is 2. The number of hydrogen-bond donors (Lipinski definition) is 1. The molecular formula is C15H16N2O6. The fraction of sp³-hybridized carbons (Fsp3) is 0.333. The molecule has 122 valence electrons. The maximum atomic E-state index is 12.5. The molecule has 1 aromatic carbocycles. The van der Waals surface area contributed by atoms with Gasteiger partial charge in [0.1, 0.15) is 6.54 Å². The van der Waals surface area contributed by atoms with Crippen LogP contribution in [-0.4, -0.2) is 33.6 Å². The number of rotatable bonds is 4. The number of esters is 1. The van der Waals surface area contributed by atoms with Crippen LogP contribution in [0.5, 0.6) is 0 Å². The molecule has 0 saturated heterocycles. The van der Waals surface area contributed by atoms with Crippen LogP contribution >= 0.6 is 0 Å². The lowest BCUT2D eigenvalue weighted by molar-refractivity contribution is -0.235. The van der Waals surface area contributed by atoms with Crippen LogP contribution in [0.4, 0.5) is 0 Å². The highest BCUT2D eigenvalue weighted by Gasteiger charge is 2.19. The van der Waals surface area contributed by atoms with Crippen LogP contribution in [0.25, 0.3) is 10.8 Å². The highest BCUT2D eigenvalue weighted by atomic mass is 17.1. The van der Waals surface area contributed by atoms with E-state index in [1.54, 1.807) is 26.8 Å². The number of ether oxygens (including phenoxy) is 1. The van der Waals surface area contributed by atoms with Crippen LogP contribution in [0, 0.1) is 13.8 Å². The summed E-state index contributed by atoms with van der Waals surface area (Å²) in [6.45, 7) is 4.76. The molecule has 1 heterocycles. The van der Waals surface area contributed by atoms with Gasteiger partial charge >= 0.3 is 11.9 Å². The lowest BCUT2D eigenvalue weighted by Crippen LogP contribution is -2.28. The Bertz CT molecular complexity index is 840. The van der Waals surface area contributed by atoms with Crippen molar-refractivity contribution in [1.82, 2.24) is 9.78 Å². The van der Waals surface area contributed by atoms with E-state index in [9.17, 15) is 14.4 Å². The van der Waals surface area contributed by atoms with E-state index in [0.717, 1.165) is 4.68 Å². The van der Waals surface area contributed by atoms with Gasteiger partial charge in [0.25, 0.3) is 5.56 Å². The number of nitrogens with zero attached hydrogens (tertiary/aromatic N) is 2. The summed E-state index contributed by atoms with van der Waals surface area (Å²) in [5.74, 6) is -1.53. The molecular weight excluding hydrogens is 304 g/mol. The molecule has 0 fully saturated rings. The van der Waals surface area contributed by atoms with Crippen molar-refractivity contribution >= 4 is 22.7 Å².